The van der Waals surface area contributed by atoms with Gasteiger partial charge in [-0.2, -0.15) is 0 Å². The second-order valence-electron chi connectivity index (χ2n) is 16.0. The second kappa shape index (κ2) is 15.1. The van der Waals surface area contributed by atoms with Gasteiger partial charge in [0.15, 0.2) is 0 Å². The molecule has 4 fully saturated rings. The number of unbranched alkanes of at least 4 members (excludes halogenated alkanes) is 1. The Labute approximate surface area is 282 Å². The lowest BCUT2D eigenvalue weighted by molar-refractivity contribution is 0.312. The Morgan fingerprint density at radius 3 is 1.35 bits per heavy atom. The minimum Gasteiger partial charge on any atom is -0.103 e. The van der Waals surface area contributed by atoms with Gasteiger partial charge < -0.3 is 0 Å². The Morgan fingerprint density at radius 2 is 0.848 bits per heavy atom. The predicted octanol–water partition coefficient (Wildman–Crippen LogP) is 12.2. The standard InChI is InChI=1S/C46H62/c1-7-31-27-35(23-25-37-29-33(9-3)41-19-15-21-45(37)41)43(39(31)11-5)17-13-14-18-44-36(28-32(8-2)40(44)12-6)24-26-38-30-34(10-4)42-20-16-22-46(38)42/h7-12,15-16,19,22-26,31-46H,1-6,13-14,17-18,20-21,27-30H2/b25-23-,26-24-. The van der Waals surface area contributed by atoms with Crippen LogP contribution in [0.2, 0.25) is 0 Å². The average molecular weight is 615 g/mol. The van der Waals surface area contributed by atoms with Gasteiger partial charge in [0.1, 0.15) is 0 Å². The topological polar surface area (TPSA) is 0 Å². The summed E-state index contributed by atoms with van der Waals surface area (Å²) in [5.41, 5.74) is 0. The van der Waals surface area contributed by atoms with Crippen molar-refractivity contribution in [2.45, 2.75) is 64.2 Å². The van der Waals surface area contributed by atoms with Gasteiger partial charge in [-0.1, -0.05) is 97.9 Å². The lowest BCUT2D eigenvalue weighted by Crippen LogP contribution is -2.17. The maximum atomic E-state index is 4.32. The molecule has 0 aromatic carbocycles. The third-order valence-electron chi connectivity index (χ3n) is 14.2. The van der Waals surface area contributed by atoms with Crippen molar-refractivity contribution in [2.24, 2.45) is 94.7 Å². The van der Waals surface area contributed by atoms with Crippen molar-refractivity contribution < 1.29 is 0 Å². The van der Waals surface area contributed by atoms with Crippen LogP contribution in [0, 0.1) is 94.7 Å². The molecule has 0 aromatic rings. The fourth-order valence-electron chi connectivity index (χ4n) is 11.8. The minimum absolute atomic E-state index is 0.545. The summed E-state index contributed by atoms with van der Waals surface area (Å²) in [7, 11) is 0. The molecule has 16 unspecified atom stereocenters. The van der Waals surface area contributed by atoms with E-state index in [-0.39, 0.29) is 0 Å². The van der Waals surface area contributed by atoms with Gasteiger partial charge in [0.25, 0.3) is 0 Å². The molecule has 46 heavy (non-hydrogen) atoms. The van der Waals surface area contributed by atoms with E-state index in [4.69, 9.17) is 0 Å². The van der Waals surface area contributed by atoms with E-state index in [1.54, 1.807) is 0 Å². The monoisotopic (exact) mass is 614 g/mol. The van der Waals surface area contributed by atoms with Gasteiger partial charge in [-0.25, -0.2) is 0 Å². The highest BCUT2D eigenvalue weighted by Gasteiger charge is 2.44. The number of rotatable bonds is 15. The Hall–Kier alpha value is -2.60. The molecule has 6 aliphatic carbocycles. The molecular weight excluding hydrogens is 553 g/mol. The summed E-state index contributed by atoms with van der Waals surface area (Å²) in [6.07, 6.45) is 46.4. The van der Waals surface area contributed by atoms with Gasteiger partial charge in [-0.3, -0.25) is 0 Å². The van der Waals surface area contributed by atoms with Crippen molar-refractivity contribution in [2.75, 3.05) is 0 Å². The first kappa shape index (κ1) is 33.3. The van der Waals surface area contributed by atoms with E-state index >= 15 is 0 Å². The summed E-state index contributed by atoms with van der Waals surface area (Å²) in [4.78, 5) is 0. The average Bonchev–Trinajstić information content (AvgIpc) is 3.91. The first-order valence-electron chi connectivity index (χ1n) is 19.0. The van der Waals surface area contributed by atoms with Crippen LogP contribution in [0.1, 0.15) is 64.2 Å². The summed E-state index contributed by atoms with van der Waals surface area (Å²) in [5, 5.41) is 0. The summed E-state index contributed by atoms with van der Waals surface area (Å²) in [6, 6.07) is 0. The van der Waals surface area contributed by atoms with Crippen LogP contribution in [0.3, 0.4) is 0 Å². The third kappa shape index (κ3) is 6.44. The summed E-state index contributed by atoms with van der Waals surface area (Å²) in [5.74, 6) is 10.5. The van der Waals surface area contributed by atoms with E-state index in [9.17, 15) is 0 Å². The number of allylic oxidation sites excluding steroid dienone is 14. The molecular formula is C46H62. The number of hydrogen-bond donors (Lipinski definition) is 0. The van der Waals surface area contributed by atoms with Crippen LogP contribution in [-0.4, -0.2) is 0 Å². The molecule has 0 radical (unpaired) electrons. The molecule has 0 heteroatoms. The smallest absolute Gasteiger partial charge is 0.0133 e. The zero-order valence-electron chi connectivity index (χ0n) is 28.6. The van der Waals surface area contributed by atoms with Crippen molar-refractivity contribution in [1.29, 1.82) is 0 Å². The number of hydrogen-bond acceptors (Lipinski definition) is 0. The fraction of sp³-hybridized carbons (Fsp3) is 0.565. The maximum absolute atomic E-state index is 4.32. The van der Waals surface area contributed by atoms with Crippen LogP contribution < -0.4 is 0 Å². The largest absolute Gasteiger partial charge is 0.103 e. The van der Waals surface area contributed by atoms with Crippen LogP contribution in [0.15, 0.2) is 125 Å². The number of fused-ring (bicyclic) bond motifs is 2. The van der Waals surface area contributed by atoms with Gasteiger partial charge in [0.2, 0.25) is 0 Å². The van der Waals surface area contributed by atoms with E-state index in [2.05, 4.69) is 125 Å². The summed E-state index contributed by atoms with van der Waals surface area (Å²) >= 11 is 0. The third-order valence-corrected chi connectivity index (χ3v) is 14.2. The highest BCUT2D eigenvalue weighted by molar-refractivity contribution is 5.19. The van der Waals surface area contributed by atoms with Crippen LogP contribution in [0.5, 0.6) is 0 Å². The molecule has 4 saturated carbocycles. The summed E-state index contributed by atoms with van der Waals surface area (Å²) < 4.78 is 0. The highest BCUT2D eigenvalue weighted by Crippen LogP contribution is 2.52. The molecule has 16 atom stereocenters. The zero-order valence-corrected chi connectivity index (χ0v) is 28.6. The van der Waals surface area contributed by atoms with Gasteiger partial charge in [0, 0.05) is 0 Å². The molecule has 0 N–H and O–H groups in total. The molecule has 0 nitrogen and oxygen atoms in total. The van der Waals surface area contributed by atoms with Crippen molar-refractivity contribution in [3.05, 3.63) is 125 Å². The van der Waals surface area contributed by atoms with Crippen molar-refractivity contribution in [3.63, 3.8) is 0 Å². The van der Waals surface area contributed by atoms with E-state index in [0.717, 1.165) is 11.8 Å². The molecule has 6 rings (SSSR count). The summed E-state index contributed by atoms with van der Waals surface area (Å²) in [6.45, 7) is 25.5. The van der Waals surface area contributed by atoms with Crippen molar-refractivity contribution in [1.82, 2.24) is 0 Å². The van der Waals surface area contributed by atoms with Crippen molar-refractivity contribution in [3.8, 4) is 0 Å². The lowest BCUT2D eigenvalue weighted by Gasteiger charge is -2.25. The Balaban J connectivity index is 1.08. The molecule has 0 aromatic heterocycles. The van der Waals surface area contributed by atoms with Crippen LogP contribution in [0.25, 0.3) is 0 Å². The van der Waals surface area contributed by atoms with Gasteiger partial charge in [-0.15, -0.1) is 39.5 Å². The van der Waals surface area contributed by atoms with E-state index in [0.29, 0.717) is 82.9 Å². The molecule has 0 aliphatic heterocycles. The van der Waals surface area contributed by atoms with E-state index in [1.807, 2.05) is 0 Å². The molecule has 246 valence electrons. The van der Waals surface area contributed by atoms with Crippen LogP contribution in [0.4, 0.5) is 0 Å². The van der Waals surface area contributed by atoms with E-state index in [1.165, 1.54) is 64.2 Å². The molecule has 0 spiro atoms. The minimum atomic E-state index is 0.545. The Morgan fingerprint density at radius 1 is 0.435 bits per heavy atom. The van der Waals surface area contributed by atoms with Crippen molar-refractivity contribution >= 4 is 0 Å². The Bertz CT molecular complexity index is 1240. The second-order valence-corrected chi connectivity index (χ2v) is 16.0. The molecule has 6 aliphatic rings. The highest BCUT2D eigenvalue weighted by atomic mass is 14.5. The first-order chi connectivity index (χ1) is 22.5. The fourth-order valence-corrected chi connectivity index (χ4v) is 11.8. The molecule has 0 saturated heterocycles. The normalized spacial score (nSPS) is 45.8. The lowest BCUT2D eigenvalue weighted by atomic mass is 9.80. The SMILES string of the molecule is C=CC1CC(/C=C\C2CC(C=C)C(C=C)C2CCCCC2C(/C=C\C3CC(C=C)C4CC=CC34)CC(C=C)C2C=C)C2CC=CC12. The van der Waals surface area contributed by atoms with Gasteiger partial charge in [0.05, 0.1) is 0 Å². The van der Waals surface area contributed by atoms with Gasteiger partial charge >= 0.3 is 0 Å². The molecule has 0 amide bonds. The van der Waals surface area contributed by atoms with Crippen LogP contribution >= 0.6 is 0 Å². The Kier molecular flexibility index (Phi) is 10.9. The van der Waals surface area contributed by atoms with E-state index < -0.39 is 0 Å². The maximum Gasteiger partial charge on any atom is -0.0133 e. The molecule has 0 bridgehead atoms. The zero-order chi connectivity index (χ0) is 32.2. The van der Waals surface area contributed by atoms with Gasteiger partial charge in [-0.05, 0) is 146 Å². The van der Waals surface area contributed by atoms with Crippen LogP contribution in [-0.2, 0) is 0 Å². The predicted molar refractivity (Wildman–Crippen MR) is 200 cm³/mol. The first-order valence-corrected chi connectivity index (χ1v) is 19.0. The quantitative estimate of drug-likeness (QED) is 0.127. The molecule has 0 heterocycles.